The number of rotatable bonds is 0. The molecular formula is H2AsF4Li. The molecule has 0 aromatic rings. The summed E-state index contributed by atoms with van der Waals surface area (Å²) in [6, 6.07) is 0. The van der Waals surface area contributed by atoms with Crippen molar-refractivity contribution in [2.75, 3.05) is 0 Å². The number of hydrogen-bond donors (Lipinski definition) is 0. The molecule has 0 saturated heterocycles. The average molecular weight is 160 g/mol. The zero-order chi connectivity index (χ0) is 4.50. The van der Waals surface area contributed by atoms with Crippen molar-refractivity contribution in [1.29, 1.82) is 0 Å². The molecular weight excluding hydrogens is 158 g/mol. The third kappa shape index (κ3) is 95.5. The van der Waals surface area contributed by atoms with Crippen molar-refractivity contribution in [2.24, 2.45) is 0 Å². The molecule has 36 valence electrons. The van der Waals surface area contributed by atoms with Crippen molar-refractivity contribution in [1.82, 2.24) is 0 Å². The van der Waals surface area contributed by atoms with Crippen LogP contribution in [0.15, 0.2) is 0 Å². The molecule has 0 bridgehead atoms. The molecule has 0 rings (SSSR count). The molecule has 0 aliphatic carbocycles. The standard InChI is InChI=1S/AsF4H.Li.H/c2-1(3,4)5;;/h1H;;. The van der Waals surface area contributed by atoms with Gasteiger partial charge in [-0.25, -0.2) is 0 Å². The van der Waals surface area contributed by atoms with Crippen molar-refractivity contribution < 1.29 is 13.9 Å². The monoisotopic (exact) mass is 160 g/mol. The van der Waals surface area contributed by atoms with Crippen LogP contribution in [0.1, 0.15) is 0 Å². The molecule has 0 spiro atoms. The van der Waals surface area contributed by atoms with Gasteiger partial charge in [0.25, 0.3) is 0 Å². The fraction of sp³-hybridized carbons (Fsp3) is 0. The third-order valence-electron chi connectivity index (χ3n) is 0. The van der Waals surface area contributed by atoms with Gasteiger partial charge in [-0.1, -0.05) is 0 Å². The summed E-state index contributed by atoms with van der Waals surface area (Å²) in [5.74, 6) is 0. The van der Waals surface area contributed by atoms with E-state index in [1.165, 1.54) is 0 Å². The Balaban J connectivity index is 0. The predicted octanol–water partition coefficient (Wildman–Crippen LogP) is 0.384. The Kier molecular flexibility index (Phi) is 4.92. The van der Waals surface area contributed by atoms with Crippen LogP contribution in [0.3, 0.4) is 0 Å². The molecule has 0 atom stereocenters. The van der Waals surface area contributed by atoms with E-state index in [2.05, 4.69) is 0 Å². The van der Waals surface area contributed by atoms with Crippen LogP contribution in [-0.2, 0) is 0 Å². The van der Waals surface area contributed by atoms with Crippen LogP contribution in [0.25, 0.3) is 0 Å². The minimum absolute atomic E-state index is 0. The Bertz CT molecular complexity index is 23.0. The summed E-state index contributed by atoms with van der Waals surface area (Å²) in [5, 5.41) is 0. The predicted molar refractivity (Wildman–Crippen MR) is 18.7 cm³/mol. The van der Waals surface area contributed by atoms with Crippen LogP contribution >= 0.6 is 0 Å². The first-order valence-electron chi connectivity index (χ1n) is 0.756. The van der Waals surface area contributed by atoms with Gasteiger partial charge < -0.3 is 0 Å². The van der Waals surface area contributed by atoms with Crippen molar-refractivity contribution in [3.8, 4) is 0 Å². The van der Waals surface area contributed by atoms with Crippen LogP contribution in [0.2, 0.25) is 0 Å². The molecule has 6 heavy (non-hydrogen) atoms. The molecule has 0 aromatic carbocycles. The van der Waals surface area contributed by atoms with Crippen molar-refractivity contribution >= 4 is 34.3 Å². The summed E-state index contributed by atoms with van der Waals surface area (Å²) in [7, 11) is 0. The van der Waals surface area contributed by atoms with Gasteiger partial charge in [-0.2, -0.15) is 0 Å². The SMILES string of the molecule is F[AsH](F)(F)F.[LiH]. The Morgan fingerprint density at radius 3 is 0.833 bits per heavy atom. The maximum absolute atomic E-state index is 9.88. The molecule has 0 unspecified atom stereocenters. The zero-order valence-corrected chi connectivity index (χ0v) is 4.11. The summed E-state index contributed by atoms with van der Waals surface area (Å²) in [5.41, 5.74) is 0. The molecule has 0 aromatic heterocycles. The molecule has 0 amide bonds. The molecule has 0 fully saturated rings. The van der Waals surface area contributed by atoms with Crippen molar-refractivity contribution in [2.45, 2.75) is 0 Å². The van der Waals surface area contributed by atoms with E-state index >= 15 is 0 Å². The Labute approximate surface area is 48.5 Å². The minimum atomic E-state index is -7.00. The zero-order valence-electron chi connectivity index (χ0n) is 2.01. The van der Waals surface area contributed by atoms with E-state index in [0.717, 1.165) is 0 Å². The van der Waals surface area contributed by atoms with Gasteiger partial charge in [0.2, 0.25) is 0 Å². The number of hydrogen-bond acceptors (Lipinski definition) is 0. The van der Waals surface area contributed by atoms with Gasteiger partial charge in [0.1, 0.15) is 0 Å². The second-order valence-corrected chi connectivity index (χ2v) is 2.23. The first-order chi connectivity index (χ1) is 2.00. The Hall–Kier alpha value is 0.876. The third-order valence-corrected chi connectivity index (χ3v) is 0. The summed E-state index contributed by atoms with van der Waals surface area (Å²) in [6.07, 6.45) is 0. The fourth-order valence-corrected chi connectivity index (χ4v) is 0. The summed E-state index contributed by atoms with van der Waals surface area (Å²) < 4.78 is 39.5. The van der Waals surface area contributed by atoms with E-state index in [9.17, 15) is 13.9 Å². The fourth-order valence-electron chi connectivity index (χ4n) is 0. The van der Waals surface area contributed by atoms with Gasteiger partial charge >= 0.3 is 48.2 Å². The second-order valence-electron chi connectivity index (χ2n) is 0.429. The first-order valence-corrected chi connectivity index (χ1v) is 3.93. The Morgan fingerprint density at radius 2 is 0.833 bits per heavy atom. The van der Waals surface area contributed by atoms with E-state index in [1.807, 2.05) is 0 Å². The summed E-state index contributed by atoms with van der Waals surface area (Å²) in [6.45, 7) is 0. The van der Waals surface area contributed by atoms with Gasteiger partial charge in [-0.3, -0.25) is 0 Å². The quantitative estimate of drug-likeness (QED) is 0.355. The normalized spacial score (nSPS) is 12.7. The summed E-state index contributed by atoms with van der Waals surface area (Å²) >= 11 is -7.00. The van der Waals surface area contributed by atoms with E-state index in [4.69, 9.17) is 0 Å². The van der Waals surface area contributed by atoms with E-state index < -0.39 is 15.4 Å². The molecule has 0 N–H and O–H groups in total. The molecule has 0 aliphatic rings. The van der Waals surface area contributed by atoms with Crippen LogP contribution in [-0.4, -0.2) is 34.3 Å². The van der Waals surface area contributed by atoms with Gasteiger partial charge in [0.15, 0.2) is 0 Å². The molecule has 0 nitrogen and oxygen atoms in total. The average Bonchev–Trinajstić information content (AvgIpc) is 0.722. The van der Waals surface area contributed by atoms with E-state index in [1.54, 1.807) is 0 Å². The van der Waals surface area contributed by atoms with Crippen molar-refractivity contribution in [3.05, 3.63) is 0 Å². The van der Waals surface area contributed by atoms with Crippen LogP contribution in [0.5, 0.6) is 0 Å². The first kappa shape index (κ1) is 9.99. The van der Waals surface area contributed by atoms with Gasteiger partial charge in [0.05, 0.1) is 0 Å². The van der Waals surface area contributed by atoms with Gasteiger partial charge in [-0.15, -0.1) is 0 Å². The molecule has 6 heteroatoms. The van der Waals surface area contributed by atoms with E-state index in [-0.39, 0.29) is 18.9 Å². The van der Waals surface area contributed by atoms with E-state index in [0.29, 0.717) is 0 Å². The molecule has 0 saturated carbocycles. The molecule has 0 aliphatic heterocycles. The topological polar surface area (TPSA) is 0 Å². The Morgan fingerprint density at radius 1 is 0.833 bits per heavy atom. The van der Waals surface area contributed by atoms with Crippen LogP contribution in [0.4, 0.5) is 13.9 Å². The maximum atomic E-state index is 9.88. The number of halogens is 4. The van der Waals surface area contributed by atoms with Crippen molar-refractivity contribution in [3.63, 3.8) is 0 Å². The van der Waals surface area contributed by atoms with Gasteiger partial charge in [-0.05, 0) is 0 Å². The molecule has 0 radical (unpaired) electrons. The molecule has 0 heterocycles. The summed E-state index contributed by atoms with van der Waals surface area (Å²) in [4.78, 5) is 0. The second kappa shape index (κ2) is 2.95. The van der Waals surface area contributed by atoms with Crippen LogP contribution < -0.4 is 0 Å². The van der Waals surface area contributed by atoms with Crippen LogP contribution in [0, 0.1) is 0 Å². The van der Waals surface area contributed by atoms with Gasteiger partial charge in [0, 0.05) is 0 Å².